The van der Waals surface area contributed by atoms with E-state index in [9.17, 15) is 0 Å². The Hall–Kier alpha value is -1.01. The van der Waals surface area contributed by atoms with Gasteiger partial charge in [0.15, 0.2) is 0 Å². The van der Waals surface area contributed by atoms with Gasteiger partial charge in [-0.1, -0.05) is 22.9 Å². The number of nitrogens with one attached hydrogen (secondary N) is 1. The van der Waals surface area contributed by atoms with E-state index < -0.39 is 0 Å². The van der Waals surface area contributed by atoms with Crippen LogP contribution < -0.4 is 5.32 Å². The summed E-state index contributed by atoms with van der Waals surface area (Å²) in [6, 6.07) is 8.61. The second-order valence-corrected chi connectivity index (χ2v) is 5.82. The average Bonchev–Trinajstić information content (AvgIpc) is 2.34. The second kappa shape index (κ2) is 5.55. The zero-order chi connectivity index (χ0) is 12.3. The van der Waals surface area contributed by atoms with Crippen molar-refractivity contribution >= 4 is 21.6 Å². The van der Waals surface area contributed by atoms with Gasteiger partial charge in [0, 0.05) is 10.5 Å². The normalized spacial score (nSPS) is 24.1. The maximum Gasteiger partial charge on any atom is 0.101 e. The van der Waals surface area contributed by atoms with Crippen LogP contribution in [0.25, 0.3) is 0 Å². The monoisotopic (exact) mass is 292 g/mol. The quantitative estimate of drug-likeness (QED) is 0.882. The summed E-state index contributed by atoms with van der Waals surface area (Å²) in [4.78, 5) is 0. The number of hydrogen-bond acceptors (Lipinski definition) is 2. The molecule has 1 aromatic rings. The molecular formula is C14H17BrN2. The van der Waals surface area contributed by atoms with Gasteiger partial charge in [-0.3, -0.25) is 0 Å². The van der Waals surface area contributed by atoms with Crippen LogP contribution in [-0.4, -0.2) is 6.04 Å². The minimum Gasteiger partial charge on any atom is -0.381 e. The van der Waals surface area contributed by atoms with E-state index in [4.69, 9.17) is 5.26 Å². The Labute approximate surface area is 111 Å². The Morgan fingerprint density at radius 2 is 2.00 bits per heavy atom. The summed E-state index contributed by atoms with van der Waals surface area (Å²) in [6.45, 7) is 2.32. The Bertz CT molecular complexity index is 428. The van der Waals surface area contributed by atoms with Crippen molar-refractivity contribution in [2.45, 2.75) is 38.6 Å². The number of anilines is 1. The Kier molecular flexibility index (Phi) is 4.06. The fourth-order valence-electron chi connectivity index (χ4n) is 2.36. The molecular weight excluding hydrogens is 276 g/mol. The minimum absolute atomic E-state index is 0.527. The van der Waals surface area contributed by atoms with Gasteiger partial charge in [-0.2, -0.15) is 5.26 Å². The summed E-state index contributed by atoms with van der Waals surface area (Å²) < 4.78 is 0.955. The molecule has 0 saturated heterocycles. The lowest BCUT2D eigenvalue weighted by molar-refractivity contribution is 0.361. The summed E-state index contributed by atoms with van der Waals surface area (Å²) in [7, 11) is 0. The maximum absolute atomic E-state index is 9.10. The van der Waals surface area contributed by atoms with Crippen LogP contribution in [-0.2, 0) is 0 Å². The van der Waals surface area contributed by atoms with Crippen molar-refractivity contribution in [3.05, 3.63) is 28.2 Å². The van der Waals surface area contributed by atoms with Gasteiger partial charge in [0.05, 0.1) is 11.3 Å². The van der Waals surface area contributed by atoms with Crippen molar-refractivity contribution < 1.29 is 0 Å². The van der Waals surface area contributed by atoms with E-state index >= 15 is 0 Å². The molecule has 0 unspecified atom stereocenters. The highest BCUT2D eigenvalue weighted by molar-refractivity contribution is 9.10. The number of nitrogens with zero attached hydrogens (tertiary/aromatic N) is 1. The zero-order valence-corrected chi connectivity index (χ0v) is 11.6. The van der Waals surface area contributed by atoms with Gasteiger partial charge >= 0.3 is 0 Å². The van der Waals surface area contributed by atoms with E-state index in [1.165, 1.54) is 25.7 Å². The molecule has 1 N–H and O–H groups in total. The third-order valence-electron chi connectivity index (χ3n) is 3.48. The summed E-state index contributed by atoms with van der Waals surface area (Å²) in [6.07, 6.45) is 5.00. The standard InChI is InChI=1S/C14H17BrN2/c1-10-2-5-13(6-3-10)17-14-7-4-12(15)8-11(14)9-16/h4,7-8,10,13,17H,2-3,5-6H2,1H3. The Morgan fingerprint density at radius 1 is 1.29 bits per heavy atom. The molecule has 1 fully saturated rings. The predicted molar refractivity (Wildman–Crippen MR) is 73.9 cm³/mol. The molecule has 1 aromatic carbocycles. The molecule has 0 spiro atoms. The molecule has 0 aliphatic heterocycles. The van der Waals surface area contributed by atoms with Crippen LogP contribution in [0, 0.1) is 17.2 Å². The van der Waals surface area contributed by atoms with Crippen LogP contribution in [0.15, 0.2) is 22.7 Å². The fraction of sp³-hybridized carbons (Fsp3) is 0.500. The molecule has 1 aliphatic carbocycles. The first-order valence-corrected chi connectivity index (χ1v) is 6.94. The summed E-state index contributed by atoms with van der Waals surface area (Å²) in [5.41, 5.74) is 1.69. The van der Waals surface area contributed by atoms with Crippen molar-refractivity contribution in [1.29, 1.82) is 5.26 Å². The lowest BCUT2D eigenvalue weighted by Crippen LogP contribution is -2.25. The van der Waals surface area contributed by atoms with Crippen LogP contribution in [0.5, 0.6) is 0 Å². The average molecular weight is 293 g/mol. The number of rotatable bonds is 2. The van der Waals surface area contributed by atoms with Crippen LogP contribution in [0.4, 0.5) is 5.69 Å². The number of nitriles is 1. The molecule has 0 amide bonds. The molecule has 0 radical (unpaired) electrons. The molecule has 17 heavy (non-hydrogen) atoms. The highest BCUT2D eigenvalue weighted by Gasteiger charge is 2.18. The maximum atomic E-state index is 9.10. The molecule has 3 heteroatoms. The minimum atomic E-state index is 0.527. The van der Waals surface area contributed by atoms with Gasteiger partial charge in [-0.05, 0) is 49.8 Å². The van der Waals surface area contributed by atoms with Gasteiger partial charge in [-0.15, -0.1) is 0 Å². The number of halogens is 1. The van der Waals surface area contributed by atoms with Crippen LogP contribution in [0.3, 0.4) is 0 Å². The summed E-state index contributed by atoms with van der Waals surface area (Å²) >= 11 is 3.39. The summed E-state index contributed by atoms with van der Waals surface area (Å²) in [5, 5.41) is 12.6. The first-order chi connectivity index (χ1) is 8.19. The van der Waals surface area contributed by atoms with E-state index in [-0.39, 0.29) is 0 Å². The van der Waals surface area contributed by atoms with E-state index in [0.717, 1.165) is 21.6 Å². The van der Waals surface area contributed by atoms with E-state index in [0.29, 0.717) is 6.04 Å². The Morgan fingerprint density at radius 3 is 2.65 bits per heavy atom. The first kappa shape index (κ1) is 12.4. The summed E-state index contributed by atoms with van der Waals surface area (Å²) in [5.74, 6) is 0.855. The van der Waals surface area contributed by atoms with E-state index in [2.05, 4.69) is 34.2 Å². The van der Waals surface area contributed by atoms with Crippen molar-refractivity contribution in [2.24, 2.45) is 5.92 Å². The topological polar surface area (TPSA) is 35.8 Å². The molecule has 0 heterocycles. The lowest BCUT2D eigenvalue weighted by atomic mass is 9.87. The highest BCUT2D eigenvalue weighted by Crippen LogP contribution is 2.28. The molecule has 2 nitrogen and oxygen atoms in total. The fourth-order valence-corrected chi connectivity index (χ4v) is 2.72. The Balaban J connectivity index is 2.06. The smallest absolute Gasteiger partial charge is 0.101 e. The highest BCUT2D eigenvalue weighted by atomic mass is 79.9. The van der Waals surface area contributed by atoms with Gasteiger partial charge in [-0.25, -0.2) is 0 Å². The third-order valence-corrected chi connectivity index (χ3v) is 3.97. The predicted octanol–water partition coefficient (Wildman–Crippen LogP) is 4.31. The lowest BCUT2D eigenvalue weighted by Gasteiger charge is -2.28. The molecule has 0 bridgehead atoms. The van der Waals surface area contributed by atoms with Crippen molar-refractivity contribution in [3.8, 4) is 6.07 Å². The van der Waals surface area contributed by atoms with Crippen LogP contribution in [0.1, 0.15) is 38.2 Å². The van der Waals surface area contributed by atoms with Gasteiger partial charge in [0.25, 0.3) is 0 Å². The first-order valence-electron chi connectivity index (χ1n) is 6.15. The van der Waals surface area contributed by atoms with Gasteiger partial charge in [0.1, 0.15) is 6.07 Å². The van der Waals surface area contributed by atoms with Crippen molar-refractivity contribution in [3.63, 3.8) is 0 Å². The van der Waals surface area contributed by atoms with Gasteiger partial charge in [0.2, 0.25) is 0 Å². The molecule has 0 atom stereocenters. The van der Waals surface area contributed by atoms with Gasteiger partial charge < -0.3 is 5.32 Å². The molecule has 2 rings (SSSR count). The molecule has 1 saturated carbocycles. The second-order valence-electron chi connectivity index (χ2n) is 4.90. The van der Waals surface area contributed by atoms with Crippen molar-refractivity contribution in [1.82, 2.24) is 0 Å². The zero-order valence-electron chi connectivity index (χ0n) is 10.0. The SMILES string of the molecule is CC1CCC(Nc2ccc(Br)cc2C#N)CC1. The molecule has 1 aliphatic rings. The van der Waals surface area contributed by atoms with Crippen LogP contribution >= 0.6 is 15.9 Å². The molecule has 0 aromatic heterocycles. The van der Waals surface area contributed by atoms with E-state index in [1.807, 2.05) is 18.2 Å². The van der Waals surface area contributed by atoms with Crippen molar-refractivity contribution in [2.75, 3.05) is 5.32 Å². The molecule has 90 valence electrons. The largest absolute Gasteiger partial charge is 0.381 e. The number of benzene rings is 1. The third kappa shape index (κ3) is 3.23. The number of hydrogen-bond donors (Lipinski definition) is 1. The van der Waals surface area contributed by atoms with E-state index in [1.54, 1.807) is 0 Å². The van der Waals surface area contributed by atoms with Crippen LogP contribution in [0.2, 0.25) is 0 Å².